The Kier molecular flexibility index (Phi) is 218. The first-order valence-electron chi connectivity index (χ1n) is 0.775. The van der Waals surface area contributed by atoms with Gasteiger partial charge >= 0.3 is 36.9 Å². The van der Waals surface area contributed by atoms with E-state index < -0.39 is 7.32 Å². The third-order valence-electron chi connectivity index (χ3n) is 0. The van der Waals surface area contributed by atoms with Crippen molar-refractivity contribution in [2.24, 2.45) is 0 Å². The van der Waals surface area contributed by atoms with Crippen LogP contribution in [0.2, 0.25) is 0 Å². The van der Waals surface area contributed by atoms with Crippen LogP contribution >= 0.6 is 0 Å². The van der Waals surface area contributed by atoms with Crippen LogP contribution in [0.5, 0.6) is 0 Å². The van der Waals surface area contributed by atoms with Crippen LogP contribution in [-0.2, 0) is 0 Å². The quantitative estimate of drug-likeness (QED) is 0.296. The van der Waals surface area contributed by atoms with E-state index >= 15 is 0 Å². The molecule has 0 aliphatic rings. The molecule has 0 heterocycles. The van der Waals surface area contributed by atoms with Crippen molar-refractivity contribution in [3.63, 3.8) is 0 Å². The molecule has 0 radical (unpaired) electrons. The summed E-state index contributed by atoms with van der Waals surface area (Å²) >= 11 is 0. The Morgan fingerprint density at radius 3 is 0.667 bits per heavy atom. The molecule has 0 aliphatic carbocycles. The predicted molar refractivity (Wildman–Crippen MR) is 34.0 cm³/mol. The van der Waals surface area contributed by atoms with Crippen LogP contribution in [-0.4, -0.2) is 73.9 Å². The van der Waals surface area contributed by atoms with Crippen LogP contribution in [0.25, 0.3) is 0 Å². The Balaban J connectivity index is -0.00000000450. The van der Waals surface area contributed by atoms with E-state index in [4.69, 9.17) is 15.1 Å². The van der Waals surface area contributed by atoms with E-state index in [2.05, 4.69) is 0 Å². The first-order valence-corrected chi connectivity index (χ1v) is 0.775. The fraction of sp³-hybridized carbons (Fsp3) is 0. The standard InChI is InChI=1S/BH3O3.Na.4H2O.H/c2-1(3)4;;;;;;/h2-4H;;4*1H2;. The van der Waals surface area contributed by atoms with Gasteiger partial charge in [0.25, 0.3) is 0 Å². The van der Waals surface area contributed by atoms with Gasteiger partial charge in [-0.2, -0.15) is 0 Å². The van der Waals surface area contributed by atoms with Crippen molar-refractivity contribution in [3.05, 3.63) is 0 Å². The van der Waals surface area contributed by atoms with Crippen molar-refractivity contribution in [1.82, 2.24) is 0 Å². The van der Waals surface area contributed by atoms with Gasteiger partial charge in [0.2, 0.25) is 0 Å². The summed E-state index contributed by atoms with van der Waals surface area (Å²) in [6.45, 7) is 0. The Morgan fingerprint density at radius 2 is 0.667 bits per heavy atom. The van der Waals surface area contributed by atoms with Crippen molar-refractivity contribution >= 4 is 36.9 Å². The molecule has 0 aliphatic heterocycles. The van der Waals surface area contributed by atoms with Gasteiger partial charge in [-0.15, -0.1) is 0 Å². The zero-order valence-corrected chi connectivity index (χ0v) is 3.92. The fourth-order valence-electron chi connectivity index (χ4n) is 0. The topological polar surface area (TPSA) is 187 Å². The zero-order chi connectivity index (χ0) is 3.58. The second-order valence-electron chi connectivity index (χ2n) is 0.346. The van der Waals surface area contributed by atoms with Crippen molar-refractivity contribution < 1.29 is 37.0 Å². The minimum atomic E-state index is -2.17. The molecule has 0 saturated carbocycles. The molecule has 0 spiro atoms. The van der Waals surface area contributed by atoms with E-state index in [-0.39, 0.29) is 51.5 Å². The first-order chi connectivity index (χ1) is 1.73. The van der Waals surface area contributed by atoms with Crippen molar-refractivity contribution in [2.45, 2.75) is 0 Å². The van der Waals surface area contributed by atoms with Crippen LogP contribution in [0.15, 0.2) is 0 Å². The van der Waals surface area contributed by atoms with E-state index in [1.165, 1.54) is 0 Å². The predicted octanol–water partition coefficient (Wildman–Crippen LogP) is -6.00. The van der Waals surface area contributed by atoms with E-state index in [0.29, 0.717) is 0 Å². The molecule has 0 unspecified atom stereocenters. The van der Waals surface area contributed by atoms with Gasteiger partial charge in [0.1, 0.15) is 0 Å². The molecular weight excluding hydrogens is 146 g/mol. The molecule has 58 valence electrons. The maximum atomic E-state index is 7.17. The van der Waals surface area contributed by atoms with Crippen LogP contribution in [0.4, 0.5) is 0 Å². The van der Waals surface area contributed by atoms with Gasteiger partial charge in [0.05, 0.1) is 0 Å². The Hall–Kier alpha value is 0.785. The number of rotatable bonds is 0. The molecule has 0 rings (SSSR count). The van der Waals surface area contributed by atoms with E-state index in [1.54, 1.807) is 0 Å². The first kappa shape index (κ1) is 52.7. The van der Waals surface area contributed by atoms with Crippen molar-refractivity contribution in [1.29, 1.82) is 0 Å². The van der Waals surface area contributed by atoms with Gasteiger partial charge in [-0.05, 0) is 0 Å². The Bertz CT molecular complexity index is 13.6. The van der Waals surface area contributed by atoms with Crippen molar-refractivity contribution in [3.8, 4) is 0 Å². The Morgan fingerprint density at radius 1 is 0.667 bits per heavy atom. The molecule has 0 bridgehead atoms. The third kappa shape index (κ3) is 656. The van der Waals surface area contributed by atoms with Gasteiger partial charge in [0, 0.05) is 0 Å². The molecule has 0 fully saturated rings. The van der Waals surface area contributed by atoms with Gasteiger partial charge in [0.15, 0.2) is 0 Å². The minimum absolute atomic E-state index is 0. The summed E-state index contributed by atoms with van der Waals surface area (Å²) in [6, 6.07) is 0. The van der Waals surface area contributed by atoms with Crippen LogP contribution in [0, 0.1) is 0 Å². The third-order valence-corrected chi connectivity index (χ3v) is 0. The van der Waals surface area contributed by atoms with Gasteiger partial charge in [-0.25, -0.2) is 0 Å². The summed E-state index contributed by atoms with van der Waals surface area (Å²) in [4.78, 5) is 0. The van der Waals surface area contributed by atoms with Gasteiger partial charge < -0.3 is 37.0 Å². The SMILES string of the molecule is O.O.O.O.OB(O)O.[NaH]. The molecule has 7 nitrogen and oxygen atoms in total. The van der Waals surface area contributed by atoms with Crippen LogP contribution < -0.4 is 0 Å². The average Bonchev–Trinajstić information content (AvgIpc) is 0.811. The fourth-order valence-corrected chi connectivity index (χ4v) is 0. The molecule has 0 amide bonds. The zero-order valence-electron chi connectivity index (χ0n) is 3.92. The van der Waals surface area contributed by atoms with E-state index in [0.717, 1.165) is 0 Å². The van der Waals surface area contributed by atoms with Gasteiger partial charge in [-0.1, -0.05) is 0 Å². The molecule has 9 heteroatoms. The monoisotopic (exact) mass is 158 g/mol. The summed E-state index contributed by atoms with van der Waals surface area (Å²) < 4.78 is 0. The number of hydrogen-bond acceptors (Lipinski definition) is 3. The normalized spacial score (nSPS) is 3.00. The molecule has 0 aromatic carbocycles. The summed E-state index contributed by atoms with van der Waals surface area (Å²) in [7, 11) is -2.17. The summed E-state index contributed by atoms with van der Waals surface area (Å²) in [5.74, 6) is 0. The molecular formula is H12BNaO7. The Labute approximate surface area is 74.0 Å². The molecule has 0 aromatic heterocycles. The molecule has 0 atom stereocenters. The van der Waals surface area contributed by atoms with Crippen molar-refractivity contribution in [2.75, 3.05) is 0 Å². The second-order valence-corrected chi connectivity index (χ2v) is 0.346. The molecule has 11 N–H and O–H groups in total. The molecule has 0 aromatic rings. The molecule has 9 heavy (non-hydrogen) atoms. The molecule has 0 saturated heterocycles. The maximum absolute atomic E-state index is 7.17. The van der Waals surface area contributed by atoms with Crippen LogP contribution in [0.1, 0.15) is 0 Å². The van der Waals surface area contributed by atoms with E-state index in [1.807, 2.05) is 0 Å². The number of hydrogen-bond donors (Lipinski definition) is 3. The van der Waals surface area contributed by atoms with E-state index in [9.17, 15) is 0 Å². The second kappa shape index (κ2) is 37.2. The van der Waals surface area contributed by atoms with Gasteiger partial charge in [-0.3, -0.25) is 0 Å². The summed E-state index contributed by atoms with van der Waals surface area (Å²) in [5, 5.41) is 21.5. The summed E-state index contributed by atoms with van der Waals surface area (Å²) in [5.41, 5.74) is 0. The average molecular weight is 158 g/mol. The summed E-state index contributed by atoms with van der Waals surface area (Å²) in [6.07, 6.45) is 0. The van der Waals surface area contributed by atoms with Crippen LogP contribution in [0.3, 0.4) is 0 Å².